The molecule has 0 aliphatic carbocycles. The topological polar surface area (TPSA) is 91.8 Å². The van der Waals surface area contributed by atoms with Crippen molar-refractivity contribution in [1.82, 2.24) is 9.21 Å². The lowest BCUT2D eigenvalue weighted by Gasteiger charge is -2.38. The molecular formula is C31H32N2O5S2. The highest BCUT2D eigenvalue weighted by Crippen LogP contribution is 2.29. The van der Waals surface area contributed by atoms with Crippen LogP contribution in [0.15, 0.2) is 112 Å². The van der Waals surface area contributed by atoms with Gasteiger partial charge in [0.1, 0.15) is 0 Å². The Morgan fingerprint density at radius 3 is 2.08 bits per heavy atom. The van der Waals surface area contributed by atoms with E-state index >= 15 is 0 Å². The van der Waals surface area contributed by atoms with Gasteiger partial charge in [0.05, 0.1) is 14.7 Å². The fourth-order valence-electron chi connectivity index (χ4n) is 5.25. The highest BCUT2D eigenvalue weighted by molar-refractivity contribution is 7.91. The molecule has 1 amide bonds. The molecule has 0 radical (unpaired) electrons. The first-order chi connectivity index (χ1) is 19.2. The van der Waals surface area contributed by atoms with Crippen LogP contribution in [0.3, 0.4) is 0 Å². The maximum absolute atomic E-state index is 13.8. The number of rotatable bonds is 8. The molecule has 1 saturated heterocycles. The number of nitrogens with zero attached hydrogens (tertiary/aromatic N) is 2. The van der Waals surface area contributed by atoms with Crippen molar-refractivity contribution in [3.05, 3.63) is 103 Å². The van der Waals surface area contributed by atoms with Crippen molar-refractivity contribution >= 4 is 36.5 Å². The average molecular weight is 577 g/mol. The Morgan fingerprint density at radius 1 is 0.750 bits per heavy atom. The van der Waals surface area contributed by atoms with E-state index in [1.807, 2.05) is 49.4 Å². The zero-order valence-electron chi connectivity index (χ0n) is 22.3. The number of sulfone groups is 1. The molecular weight excluding hydrogens is 544 g/mol. The molecule has 0 atom stereocenters. The molecule has 0 spiro atoms. The first kappa shape index (κ1) is 28.0. The van der Waals surface area contributed by atoms with Gasteiger partial charge < -0.3 is 4.90 Å². The van der Waals surface area contributed by atoms with Crippen molar-refractivity contribution in [3.8, 4) is 0 Å². The number of hydrogen-bond donors (Lipinski definition) is 0. The molecule has 5 rings (SSSR count). The van der Waals surface area contributed by atoms with Crippen LogP contribution in [0.2, 0.25) is 0 Å². The molecule has 9 heteroatoms. The summed E-state index contributed by atoms with van der Waals surface area (Å²) < 4.78 is 55.5. The summed E-state index contributed by atoms with van der Waals surface area (Å²) in [5, 5.41) is 2.07. The number of carbonyl (C=O) groups is 1. The summed E-state index contributed by atoms with van der Waals surface area (Å²) in [6, 6.07) is 26.8. The predicted octanol–water partition coefficient (Wildman–Crippen LogP) is 5.38. The lowest BCUT2D eigenvalue weighted by molar-refractivity contribution is 0.0678. The van der Waals surface area contributed by atoms with Gasteiger partial charge in [-0.3, -0.25) is 4.79 Å². The molecule has 4 aromatic rings. The Morgan fingerprint density at radius 2 is 1.38 bits per heavy atom. The molecule has 4 aromatic carbocycles. The molecule has 0 bridgehead atoms. The van der Waals surface area contributed by atoms with E-state index in [1.165, 1.54) is 40.7 Å². The second kappa shape index (κ2) is 11.5. The third kappa shape index (κ3) is 5.54. The van der Waals surface area contributed by atoms with Gasteiger partial charge in [-0.15, -0.1) is 0 Å². The summed E-state index contributed by atoms with van der Waals surface area (Å²) in [5.74, 6) is -0.0621. The quantitative estimate of drug-likeness (QED) is 0.281. The van der Waals surface area contributed by atoms with E-state index < -0.39 is 19.9 Å². The van der Waals surface area contributed by atoms with Gasteiger partial charge in [0.15, 0.2) is 0 Å². The molecule has 0 aromatic heterocycles. The van der Waals surface area contributed by atoms with E-state index in [0.717, 1.165) is 10.8 Å². The normalized spacial score (nSPS) is 15.0. The second-order valence-electron chi connectivity index (χ2n) is 9.99. The minimum atomic E-state index is -3.98. The first-order valence-electron chi connectivity index (χ1n) is 13.4. The number of piperidine rings is 1. The molecule has 208 valence electrons. The van der Waals surface area contributed by atoms with Crippen molar-refractivity contribution in [2.24, 2.45) is 0 Å². The molecule has 1 heterocycles. The molecule has 40 heavy (non-hydrogen) atoms. The summed E-state index contributed by atoms with van der Waals surface area (Å²) in [5.41, 5.74) is 0.617. The van der Waals surface area contributed by atoms with Crippen molar-refractivity contribution in [1.29, 1.82) is 0 Å². The van der Waals surface area contributed by atoms with Crippen molar-refractivity contribution in [2.45, 2.75) is 46.9 Å². The Labute approximate surface area is 236 Å². The number of likely N-dealkylation sites (tertiary alicyclic amines) is 1. The van der Waals surface area contributed by atoms with Crippen LogP contribution in [0.4, 0.5) is 0 Å². The van der Waals surface area contributed by atoms with Gasteiger partial charge in [0.25, 0.3) is 5.91 Å². The minimum Gasteiger partial charge on any atom is -0.339 e. The summed E-state index contributed by atoms with van der Waals surface area (Å²) in [6.07, 6.45) is 1.61. The zero-order valence-corrected chi connectivity index (χ0v) is 23.9. The van der Waals surface area contributed by atoms with Crippen LogP contribution < -0.4 is 0 Å². The Kier molecular flexibility index (Phi) is 8.07. The number of benzene rings is 4. The summed E-state index contributed by atoms with van der Waals surface area (Å²) >= 11 is 0. The maximum Gasteiger partial charge on any atom is 0.253 e. The predicted molar refractivity (Wildman–Crippen MR) is 155 cm³/mol. The van der Waals surface area contributed by atoms with Gasteiger partial charge in [-0.2, -0.15) is 4.31 Å². The van der Waals surface area contributed by atoms with Crippen LogP contribution in [0, 0.1) is 0 Å². The van der Waals surface area contributed by atoms with Crippen LogP contribution in [0.1, 0.15) is 36.5 Å². The highest BCUT2D eigenvalue weighted by Gasteiger charge is 2.35. The van der Waals surface area contributed by atoms with Gasteiger partial charge in [0, 0.05) is 31.2 Å². The Balaban J connectivity index is 1.34. The van der Waals surface area contributed by atoms with E-state index in [9.17, 15) is 21.6 Å². The SMILES string of the molecule is CCCN(C1CCN(C(=O)c2ccc3ccccc3c2)CC1)S(=O)(=O)c1cccc(S(=O)(=O)c2ccccc2)c1. The van der Waals surface area contributed by atoms with E-state index in [1.54, 1.807) is 23.1 Å². The molecule has 1 fully saturated rings. The monoisotopic (exact) mass is 576 g/mol. The van der Waals surface area contributed by atoms with E-state index in [2.05, 4.69) is 0 Å². The van der Waals surface area contributed by atoms with Crippen LogP contribution in [-0.4, -0.2) is 57.6 Å². The maximum atomic E-state index is 13.8. The van der Waals surface area contributed by atoms with E-state index in [0.29, 0.717) is 44.5 Å². The highest BCUT2D eigenvalue weighted by atomic mass is 32.2. The third-order valence-electron chi connectivity index (χ3n) is 7.38. The number of carbonyl (C=O) groups excluding carboxylic acids is 1. The molecule has 0 N–H and O–H groups in total. The summed E-state index contributed by atoms with van der Waals surface area (Å²) in [6.45, 7) is 3.10. The minimum absolute atomic E-state index is 0.0485. The van der Waals surface area contributed by atoms with Crippen LogP contribution in [-0.2, 0) is 19.9 Å². The molecule has 0 unspecified atom stereocenters. The lowest BCUT2D eigenvalue weighted by Crippen LogP contribution is -2.49. The molecule has 7 nitrogen and oxygen atoms in total. The Hall–Kier alpha value is -3.53. The van der Waals surface area contributed by atoms with Gasteiger partial charge >= 0.3 is 0 Å². The van der Waals surface area contributed by atoms with Crippen molar-refractivity contribution < 1.29 is 21.6 Å². The van der Waals surface area contributed by atoms with Crippen LogP contribution >= 0.6 is 0 Å². The lowest BCUT2D eigenvalue weighted by atomic mass is 10.0. The standard InChI is InChI=1S/C31H32N2O5S2/c1-2-19-33(40(37,38)30-14-8-13-29(23-30)39(35,36)28-11-4-3-5-12-28)27-17-20-32(21-18-27)31(34)26-16-15-24-9-6-7-10-25(24)22-26/h3-16,22-23,27H,2,17-21H2,1H3. The fraction of sp³-hybridized carbons (Fsp3) is 0.258. The van der Waals surface area contributed by atoms with Gasteiger partial charge in [-0.25, -0.2) is 16.8 Å². The number of amides is 1. The number of hydrogen-bond acceptors (Lipinski definition) is 5. The van der Waals surface area contributed by atoms with E-state index in [4.69, 9.17) is 0 Å². The van der Waals surface area contributed by atoms with Gasteiger partial charge in [-0.05, 0) is 72.5 Å². The average Bonchev–Trinajstić information content (AvgIpc) is 3.00. The van der Waals surface area contributed by atoms with Crippen molar-refractivity contribution in [2.75, 3.05) is 19.6 Å². The second-order valence-corrected chi connectivity index (χ2v) is 13.8. The van der Waals surface area contributed by atoms with E-state index in [-0.39, 0.29) is 26.6 Å². The smallest absolute Gasteiger partial charge is 0.253 e. The largest absolute Gasteiger partial charge is 0.339 e. The number of sulfonamides is 1. The fourth-order valence-corrected chi connectivity index (χ4v) is 8.48. The molecule has 1 aliphatic heterocycles. The Bertz CT molecular complexity index is 1730. The van der Waals surface area contributed by atoms with Crippen molar-refractivity contribution in [3.63, 3.8) is 0 Å². The summed E-state index contributed by atoms with van der Waals surface area (Å²) in [7, 11) is -7.85. The van der Waals surface area contributed by atoms with Gasteiger partial charge in [0.2, 0.25) is 19.9 Å². The third-order valence-corrected chi connectivity index (χ3v) is 11.1. The van der Waals surface area contributed by atoms with Crippen LogP contribution in [0.5, 0.6) is 0 Å². The van der Waals surface area contributed by atoms with Gasteiger partial charge in [-0.1, -0.05) is 61.5 Å². The zero-order chi connectivity index (χ0) is 28.3. The molecule has 1 aliphatic rings. The van der Waals surface area contributed by atoms with Crippen LogP contribution in [0.25, 0.3) is 10.8 Å². The summed E-state index contributed by atoms with van der Waals surface area (Å²) in [4.78, 5) is 15.0. The number of fused-ring (bicyclic) bond motifs is 1. The first-order valence-corrected chi connectivity index (χ1v) is 16.3. The molecule has 0 saturated carbocycles.